The molecule has 0 radical (unpaired) electrons. The van der Waals surface area contributed by atoms with Crippen molar-refractivity contribution in [3.8, 4) is 0 Å². The molecule has 0 aliphatic carbocycles. The first-order valence-corrected chi connectivity index (χ1v) is 4.58. The molecule has 2 aromatic rings. The summed E-state index contributed by atoms with van der Waals surface area (Å²) in [5, 5.41) is 3.62. The summed E-state index contributed by atoms with van der Waals surface area (Å²) >= 11 is 0. The standard InChI is InChI=1S/C10H6F3N3O/c11-6-1-7(12)10(8(13)2-6)9(17)3-16-5-14-4-15-16/h1-2,4-5H,3H2. The highest BCUT2D eigenvalue weighted by atomic mass is 19.1. The minimum atomic E-state index is -1.23. The smallest absolute Gasteiger partial charge is 0.190 e. The van der Waals surface area contributed by atoms with E-state index < -0.39 is 28.8 Å². The van der Waals surface area contributed by atoms with E-state index in [1.165, 1.54) is 12.7 Å². The summed E-state index contributed by atoms with van der Waals surface area (Å²) in [4.78, 5) is 15.2. The summed E-state index contributed by atoms with van der Waals surface area (Å²) in [5.41, 5.74) is -0.776. The lowest BCUT2D eigenvalue weighted by atomic mass is 10.1. The molecule has 0 fully saturated rings. The van der Waals surface area contributed by atoms with Crippen molar-refractivity contribution in [2.75, 3.05) is 0 Å². The maximum Gasteiger partial charge on any atom is 0.190 e. The molecule has 0 bridgehead atoms. The van der Waals surface area contributed by atoms with Crippen molar-refractivity contribution in [2.45, 2.75) is 6.54 Å². The van der Waals surface area contributed by atoms with Crippen LogP contribution in [0.1, 0.15) is 10.4 Å². The van der Waals surface area contributed by atoms with Gasteiger partial charge in [-0.05, 0) is 0 Å². The Morgan fingerprint density at radius 3 is 2.41 bits per heavy atom. The van der Waals surface area contributed by atoms with E-state index in [4.69, 9.17) is 0 Å². The summed E-state index contributed by atoms with van der Waals surface area (Å²) in [5.74, 6) is -4.37. The van der Waals surface area contributed by atoms with Gasteiger partial charge in [0.2, 0.25) is 0 Å². The fourth-order valence-electron chi connectivity index (χ4n) is 1.35. The summed E-state index contributed by atoms with van der Waals surface area (Å²) < 4.78 is 40.2. The predicted octanol–water partition coefficient (Wildman–Crippen LogP) is 1.58. The Labute approximate surface area is 93.7 Å². The van der Waals surface area contributed by atoms with Gasteiger partial charge in [0, 0.05) is 12.1 Å². The number of Topliss-reactive ketones (excluding diaryl/α,β-unsaturated/α-hetero) is 1. The van der Waals surface area contributed by atoms with Crippen LogP contribution in [0.2, 0.25) is 0 Å². The number of hydrogen-bond donors (Lipinski definition) is 0. The molecule has 17 heavy (non-hydrogen) atoms. The average molecular weight is 241 g/mol. The van der Waals surface area contributed by atoms with Crippen molar-refractivity contribution in [1.29, 1.82) is 0 Å². The van der Waals surface area contributed by atoms with Gasteiger partial charge in [0.1, 0.15) is 36.7 Å². The molecular formula is C10H6F3N3O. The van der Waals surface area contributed by atoms with Crippen molar-refractivity contribution >= 4 is 5.78 Å². The molecule has 0 saturated carbocycles. The molecule has 0 aliphatic rings. The van der Waals surface area contributed by atoms with Gasteiger partial charge in [0.05, 0.1) is 5.56 Å². The number of aromatic nitrogens is 3. The van der Waals surface area contributed by atoms with Crippen molar-refractivity contribution in [2.24, 2.45) is 0 Å². The number of halogens is 3. The Kier molecular flexibility index (Phi) is 2.90. The monoisotopic (exact) mass is 241 g/mol. The van der Waals surface area contributed by atoms with E-state index in [1.54, 1.807) is 0 Å². The summed E-state index contributed by atoms with van der Waals surface area (Å²) in [6.45, 7) is -0.362. The van der Waals surface area contributed by atoms with Crippen LogP contribution in [-0.4, -0.2) is 20.5 Å². The van der Waals surface area contributed by atoms with E-state index in [1.807, 2.05) is 0 Å². The van der Waals surface area contributed by atoms with E-state index in [0.717, 1.165) is 4.68 Å². The van der Waals surface area contributed by atoms with Crippen molar-refractivity contribution in [3.05, 3.63) is 47.8 Å². The van der Waals surface area contributed by atoms with E-state index in [2.05, 4.69) is 10.1 Å². The molecule has 0 atom stereocenters. The maximum absolute atomic E-state index is 13.2. The number of ketones is 1. The number of carbonyl (C=O) groups excluding carboxylic acids is 1. The average Bonchev–Trinajstić information content (AvgIpc) is 2.68. The first kappa shape index (κ1) is 11.3. The van der Waals surface area contributed by atoms with Gasteiger partial charge in [0.15, 0.2) is 5.78 Å². The van der Waals surface area contributed by atoms with Crippen LogP contribution in [0.5, 0.6) is 0 Å². The van der Waals surface area contributed by atoms with Crippen LogP contribution < -0.4 is 0 Å². The van der Waals surface area contributed by atoms with Gasteiger partial charge in [-0.1, -0.05) is 0 Å². The first-order chi connectivity index (χ1) is 8.08. The number of carbonyl (C=O) groups is 1. The van der Waals surface area contributed by atoms with Crippen LogP contribution in [-0.2, 0) is 6.54 Å². The van der Waals surface area contributed by atoms with Crippen LogP contribution >= 0.6 is 0 Å². The van der Waals surface area contributed by atoms with Gasteiger partial charge in [-0.25, -0.2) is 22.8 Å². The zero-order chi connectivity index (χ0) is 12.4. The molecule has 1 aromatic carbocycles. The largest absolute Gasteiger partial charge is 0.292 e. The number of hydrogen-bond acceptors (Lipinski definition) is 3. The molecular weight excluding hydrogens is 235 g/mol. The SMILES string of the molecule is O=C(Cn1cncn1)c1c(F)cc(F)cc1F. The van der Waals surface area contributed by atoms with Gasteiger partial charge < -0.3 is 0 Å². The minimum Gasteiger partial charge on any atom is -0.292 e. The molecule has 0 saturated heterocycles. The van der Waals surface area contributed by atoms with Crippen LogP contribution in [0.3, 0.4) is 0 Å². The lowest BCUT2D eigenvalue weighted by molar-refractivity contribution is 0.0959. The van der Waals surface area contributed by atoms with Crippen LogP contribution in [0.4, 0.5) is 13.2 Å². The summed E-state index contributed by atoms with van der Waals surface area (Å²) in [6, 6.07) is 0.912. The number of nitrogens with zero attached hydrogens (tertiary/aromatic N) is 3. The molecule has 0 unspecified atom stereocenters. The fraction of sp³-hybridized carbons (Fsp3) is 0.100. The topological polar surface area (TPSA) is 47.8 Å². The molecule has 4 nitrogen and oxygen atoms in total. The van der Waals surface area contributed by atoms with Gasteiger partial charge >= 0.3 is 0 Å². The second-order valence-electron chi connectivity index (χ2n) is 3.26. The minimum absolute atomic E-state index is 0.362. The van der Waals surface area contributed by atoms with Crippen molar-refractivity contribution in [3.63, 3.8) is 0 Å². The molecule has 0 amide bonds. The van der Waals surface area contributed by atoms with E-state index in [-0.39, 0.29) is 6.54 Å². The van der Waals surface area contributed by atoms with Gasteiger partial charge in [-0.3, -0.25) is 4.79 Å². The van der Waals surface area contributed by atoms with Gasteiger partial charge in [0.25, 0.3) is 0 Å². The van der Waals surface area contributed by atoms with Crippen molar-refractivity contribution in [1.82, 2.24) is 14.8 Å². The highest BCUT2D eigenvalue weighted by molar-refractivity contribution is 5.96. The Morgan fingerprint density at radius 1 is 1.24 bits per heavy atom. The highest BCUT2D eigenvalue weighted by Crippen LogP contribution is 2.15. The third-order valence-corrected chi connectivity index (χ3v) is 2.06. The zero-order valence-electron chi connectivity index (χ0n) is 8.40. The molecule has 0 spiro atoms. The lowest BCUT2D eigenvalue weighted by Gasteiger charge is -2.04. The molecule has 1 heterocycles. The summed E-state index contributed by atoms with van der Waals surface area (Å²) in [7, 11) is 0. The van der Waals surface area contributed by atoms with Gasteiger partial charge in [-0.2, -0.15) is 5.10 Å². The lowest BCUT2D eigenvalue weighted by Crippen LogP contribution is -2.14. The number of rotatable bonds is 3. The fourth-order valence-corrected chi connectivity index (χ4v) is 1.35. The van der Waals surface area contributed by atoms with Crippen LogP contribution in [0.15, 0.2) is 24.8 Å². The molecule has 88 valence electrons. The van der Waals surface area contributed by atoms with Gasteiger partial charge in [-0.15, -0.1) is 0 Å². The third kappa shape index (κ3) is 2.32. The second kappa shape index (κ2) is 4.36. The normalized spacial score (nSPS) is 10.5. The van der Waals surface area contributed by atoms with Crippen LogP contribution in [0.25, 0.3) is 0 Å². The van der Waals surface area contributed by atoms with Crippen molar-refractivity contribution < 1.29 is 18.0 Å². The zero-order valence-corrected chi connectivity index (χ0v) is 8.40. The van der Waals surface area contributed by atoms with Crippen LogP contribution in [0, 0.1) is 17.5 Å². The quantitative estimate of drug-likeness (QED) is 0.766. The highest BCUT2D eigenvalue weighted by Gasteiger charge is 2.19. The van der Waals surface area contributed by atoms with E-state index in [0.29, 0.717) is 12.1 Å². The molecule has 2 rings (SSSR count). The Hall–Kier alpha value is -2.18. The first-order valence-electron chi connectivity index (χ1n) is 4.58. The molecule has 0 N–H and O–H groups in total. The third-order valence-electron chi connectivity index (χ3n) is 2.06. The second-order valence-corrected chi connectivity index (χ2v) is 3.26. The Morgan fingerprint density at radius 2 is 1.88 bits per heavy atom. The molecule has 7 heteroatoms. The Balaban J connectivity index is 2.31. The summed E-state index contributed by atoms with van der Waals surface area (Å²) in [6.07, 6.45) is 2.42. The molecule has 0 aliphatic heterocycles. The van der Waals surface area contributed by atoms with E-state index >= 15 is 0 Å². The maximum atomic E-state index is 13.2. The van der Waals surface area contributed by atoms with E-state index in [9.17, 15) is 18.0 Å². The predicted molar refractivity (Wildman–Crippen MR) is 50.7 cm³/mol. The molecule has 1 aromatic heterocycles. The number of benzene rings is 1. The Bertz CT molecular complexity index is 531.